The summed E-state index contributed by atoms with van der Waals surface area (Å²) >= 11 is 3.50. The summed E-state index contributed by atoms with van der Waals surface area (Å²) in [5.41, 5.74) is 1.11. The molecule has 5 heteroatoms. The van der Waals surface area contributed by atoms with Gasteiger partial charge in [0.2, 0.25) is 5.91 Å². The quantitative estimate of drug-likeness (QED) is 0.917. The summed E-state index contributed by atoms with van der Waals surface area (Å²) in [4.78, 5) is 13.9. The minimum atomic E-state index is 0.00270. The van der Waals surface area contributed by atoms with Gasteiger partial charge in [-0.3, -0.25) is 4.79 Å². The van der Waals surface area contributed by atoms with E-state index in [0.717, 1.165) is 23.1 Å². The number of carbonyl (C=O) groups excluding carboxylic acids is 1. The van der Waals surface area contributed by atoms with E-state index in [1.54, 1.807) is 4.90 Å². The summed E-state index contributed by atoms with van der Waals surface area (Å²) in [5.74, 6) is 0.115. The van der Waals surface area contributed by atoms with Crippen molar-refractivity contribution in [3.05, 3.63) is 34.3 Å². The molecule has 4 nitrogen and oxygen atoms in total. The van der Waals surface area contributed by atoms with Crippen LogP contribution in [-0.2, 0) is 16.1 Å². The van der Waals surface area contributed by atoms with Gasteiger partial charge in [0.05, 0.1) is 19.1 Å². The second-order valence-electron chi connectivity index (χ2n) is 4.74. The van der Waals surface area contributed by atoms with Crippen LogP contribution >= 0.6 is 15.9 Å². The van der Waals surface area contributed by atoms with E-state index in [4.69, 9.17) is 4.74 Å². The molecule has 0 aliphatic carbocycles. The topological polar surface area (TPSA) is 41.6 Å². The molecule has 1 atom stereocenters. The van der Waals surface area contributed by atoms with Gasteiger partial charge in [0, 0.05) is 31.2 Å². The Labute approximate surface area is 122 Å². The van der Waals surface area contributed by atoms with Crippen LogP contribution in [-0.4, -0.2) is 43.7 Å². The summed E-state index contributed by atoms with van der Waals surface area (Å²) in [5, 5.41) is 3.23. The lowest BCUT2D eigenvalue weighted by molar-refractivity contribution is -0.133. The highest BCUT2D eigenvalue weighted by Gasteiger charge is 2.20. The Balaban J connectivity index is 1.87. The fourth-order valence-corrected chi connectivity index (χ4v) is 2.48. The molecule has 1 aliphatic heterocycles. The minimum absolute atomic E-state index is 0.00270. The van der Waals surface area contributed by atoms with Gasteiger partial charge in [0.15, 0.2) is 0 Å². The van der Waals surface area contributed by atoms with E-state index >= 15 is 0 Å². The van der Waals surface area contributed by atoms with Gasteiger partial charge in [-0.1, -0.05) is 34.1 Å². The van der Waals surface area contributed by atoms with Crippen LogP contribution < -0.4 is 5.32 Å². The lowest BCUT2D eigenvalue weighted by Crippen LogP contribution is -2.41. The monoisotopic (exact) mass is 326 g/mol. The van der Waals surface area contributed by atoms with Crippen LogP contribution in [0.2, 0.25) is 0 Å². The van der Waals surface area contributed by atoms with E-state index in [1.165, 1.54) is 0 Å². The zero-order valence-corrected chi connectivity index (χ0v) is 12.6. The molecule has 2 rings (SSSR count). The standard InChI is InChI=1S/C14H19BrN2O2/c1-17(10-11-4-2-3-5-13(11)15)14(18)8-12-9-16-6-7-19-12/h2-5,12,16H,6-10H2,1H3. The van der Waals surface area contributed by atoms with E-state index in [-0.39, 0.29) is 12.0 Å². The maximum atomic E-state index is 12.1. The van der Waals surface area contributed by atoms with E-state index < -0.39 is 0 Å². The van der Waals surface area contributed by atoms with Crippen molar-refractivity contribution in [2.45, 2.75) is 19.1 Å². The molecule has 0 bridgehead atoms. The predicted octanol–water partition coefficient (Wildman–Crippen LogP) is 1.79. The molecule has 19 heavy (non-hydrogen) atoms. The van der Waals surface area contributed by atoms with Gasteiger partial charge in [0.25, 0.3) is 0 Å². The number of ether oxygens (including phenoxy) is 1. The average Bonchev–Trinajstić information content (AvgIpc) is 2.42. The Morgan fingerprint density at radius 1 is 1.53 bits per heavy atom. The Bertz CT molecular complexity index is 433. The van der Waals surface area contributed by atoms with Crippen LogP contribution in [0.15, 0.2) is 28.7 Å². The number of nitrogens with one attached hydrogen (secondary N) is 1. The van der Waals surface area contributed by atoms with Crippen molar-refractivity contribution >= 4 is 21.8 Å². The SMILES string of the molecule is CN(Cc1ccccc1Br)C(=O)CC1CNCCO1. The molecule has 0 saturated carbocycles. The van der Waals surface area contributed by atoms with Gasteiger partial charge in [0.1, 0.15) is 0 Å². The first-order valence-corrected chi connectivity index (χ1v) is 7.26. The number of benzene rings is 1. The van der Waals surface area contributed by atoms with Crippen molar-refractivity contribution in [3.63, 3.8) is 0 Å². The highest BCUT2D eigenvalue weighted by Crippen LogP contribution is 2.17. The largest absolute Gasteiger partial charge is 0.375 e. The normalized spacial score (nSPS) is 19.2. The molecule has 0 radical (unpaired) electrons. The average molecular weight is 327 g/mol. The third-order valence-corrected chi connectivity index (χ3v) is 3.97. The van der Waals surface area contributed by atoms with E-state index in [2.05, 4.69) is 21.2 Å². The van der Waals surface area contributed by atoms with Crippen LogP contribution in [0.1, 0.15) is 12.0 Å². The Morgan fingerprint density at radius 3 is 3.00 bits per heavy atom. The summed E-state index contributed by atoms with van der Waals surface area (Å²) in [6, 6.07) is 7.96. The smallest absolute Gasteiger partial charge is 0.225 e. The first-order chi connectivity index (χ1) is 9.16. The van der Waals surface area contributed by atoms with Gasteiger partial charge in [-0.05, 0) is 11.6 Å². The predicted molar refractivity (Wildman–Crippen MR) is 77.8 cm³/mol. The van der Waals surface area contributed by atoms with Crippen LogP contribution in [0.5, 0.6) is 0 Å². The zero-order chi connectivity index (χ0) is 13.7. The van der Waals surface area contributed by atoms with Gasteiger partial charge in [-0.2, -0.15) is 0 Å². The molecule has 1 aliphatic rings. The molecular weight excluding hydrogens is 308 g/mol. The molecule has 1 aromatic rings. The Morgan fingerprint density at radius 2 is 2.32 bits per heavy atom. The molecule has 1 aromatic carbocycles. The number of hydrogen-bond donors (Lipinski definition) is 1. The first-order valence-electron chi connectivity index (χ1n) is 6.46. The number of hydrogen-bond acceptors (Lipinski definition) is 3. The maximum absolute atomic E-state index is 12.1. The third kappa shape index (κ3) is 4.30. The van der Waals surface area contributed by atoms with Crippen molar-refractivity contribution < 1.29 is 9.53 Å². The van der Waals surface area contributed by atoms with Gasteiger partial charge in [-0.25, -0.2) is 0 Å². The van der Waals surface area contributed by atoms with E-state index in [1.807, 2.05) is 31.3 Å². The molecule has 1 amide bonds. The Kier molecular flexibility index (Phi) is 5.36. The summed E-state index contributed by atoms with van der Waals surface area (Å²) < 4.78 is 6.59. The fraction of sp³-hybridized carbons (Fsp3) is 0.500. The number of morpholine rings is 1. The lowest BCUT2D eigenvalue weighted by atomic mass is 10.2. The van der Waals surface area contributed by atoms with Crippen molar-refractivity contribution in [2.24, 2.45) is 0 Å². The fourth-order valence-electron chi connectivity index (χ4n) is 2.07. The number of halogens is 1. The van der Waals surface area contributed by atoms with Gasteiger partial charge < -0.3 is 15.0 Å². The van der Waals surface area contributed by atoms with Gasteiger partial charge >= 0.3 is 0 Å². The summed E-state index contributed by atoms with van der Waals surface area (Å²) in [6.07, 6.45) is 0.441. The van der Waals surface area contributed by atoms with E-state index in [9.17, 15) is 4.79 Å². The molecule has 1 heterocycles. The van der Waals surface area contributed by atoms with Crippen LogP contribution in [0.25, 0.3) is 0 Å². The second-order valence-corrected chi connectivity index (χ2v) is 5.60. The molecule has 1 saturated heterocycles. The summed E-state index contributed by atoms with van der Waals surface area (Å²) in [6.45, 7) is 2.93. The lowest BCUT2D eigenvalue weighted by Gasteiger charge is -2.25. The van der Waals surface area contributed by atoms with Crippen LogP contribution in [0.3, 0.4) is 0 Å². The minimum Gasteiger partial charge on any atom is -0.375 e. The second kappa shape index (κ2) is 7.03. The van der Waals surface area contributed by atoms with Crippen molar-refractivity contribution in [1.82, 2.24) is 10.2 Å². The van der Waals surface area contributed by atoms with Crippen molar-refractivity contribution in [1.29, 1.82) is 0 Å². The summed E-state index contributed by atoms with van der Waals surface area (Å²) in [7, 11) is 1.83. The molecule has 104 valence electrons. The number of rotatable bonds is 4. The third-order valence-electron chi connectivity index (χ3n) is 3.20. The molecule has 0 spiro atoms. The molecular formula is C14H19BrN2O2. The highest BCUT2D eigenvalue weighted by molar-refractivity contribution is 9.10. The number of nitrogens with zero attached hydrogens (tertiary/aromatic N) is 1. The highest BCUT2D eigenvalue weighted by atomic mass is 79.9. The molecule has 1 unspecified atom stereocenters. The first kappa shape index (κ1) is 14.5. The molecule has 1 N–H and O–H groups in total. The van der Waals surface area contributed by atoms with Gasteiger partial charge in [-0.15, -0.1) is 0 Å². The molecule has 0 aromatic heterocycles. The van der Waals surface area contributed by atoms with Crippen molar-refractivity contribution in [3.8, 4) is 0 Å². The Hall–Kier alpha value is -0.910. The molecule has 1 fully saturated rings. The number of amides is 1. The zero-order valence-electron chi connectivity index (χ0n) is 11.1. The van der Waals surface area contributed by atoms with E-state index in [0.29, 0.717) is 19.6 Å². The number of carbonyl (C=O) groups is 1. The van der Waals surface area contributed by atoms with Crippen LogP contribution in [0, 0.1) is 0 Å². The van der Waals surface area contributed by atoms with Crippen molar-refractivity contribution in [2.75, 3.05) is 26.7 Å². The maximum Gasteiger partial charge on any atom is 0.225 e. The van der Waals surface area contributed by atoms with Crippen LogP contribution in [0.4, 0.5) is 0 Å².